The Morgan fingerprint density at radius 3 is 2.45 bits per heavy atom. The van der Waals surface area contributed by atoms with E-state index in [9.17, 15) is 26.4 Å². The topological polar surface area (TPSA) is 113 Å². The van der Waals surface area contributed by atoms with Crippen molar-refractivity contribution in [3.8, 4) is 5.75 Å². The lowest BCUT2D eigenvalue weighted by Crippen LogP contribution is -2.16. The van der Waals surface area contributed by atoms with Crippen molar-refractivity contribution in [2.24, 2.45) is 0 Å². The summed E-state index contributed by atoms with van der Waals surface area (Å²) < 4.78 is 76.9. The van der Waals surface area contributed by atoms with Crippen molar-refractivity contribution in [3.05, 3.63) is 52.4 Å². The number of fused-ring (bicyclic) bond motifs is 1. The normalized spacial score (nSPS) is 12.3. The van der Waals surface area contributed by atoms with Crippen molar-refractivity contribution in [1.82, 2.24) is 9.97 Å². The third-order valence-corrected chi connectivity index (χ3v) is 5.26. The molecular formula is C17H16F3N3O5S. The molecule has 156 valence electrons. The second kappa shape index (κ2) is 7.79. The molecule has 1 aromatic heterocycles. The van der Waals surface area contributed by atoms with Crippen molar-refractivity contribution >= 4 is 26.7 Å². The minimum Gasteiger partial charge on any atom is -0.489 e. The highest BCUT2D eigenvalue weighted by atomic mass is 32.2. The second-order valence-electron chi connectivity index (χ2n) is 5.94. The van der Waals surface area contributed by atoms with Gasteiger partial charge >= 0.3 is 11.9 Å². The van der Waals surface area contributed by atoms with Crippen LogP contribution in [0.2, 0.25) is 0 Å². The number of alkyl halides is 3. The number of H-pyrrole nitrogens is 2. The van der Waals surface area contributed by atoms with E-state index in [2.05, 4.69) is 14.7 Å². The zero-order valence-electron chi connectivity index (χ0n) is 15.0. The summed E-state index contributed by atoms with van der Waals surface area (Å²) in [4.78, 5) is 16.0. The Hall–Kier alpha value is -2.99. The van der Waals surface area contributed by atoms with Gasteiger partial charge in [0.1, 0.15) is 12.4 Å². The summed E-state index contributed by atoms with van der Waals surface area (Å²) >= 11 is 0. The first-order valence-electron chi connectivity index (χ1n) is 8.18. The van der Waals surface area contributed by atoms with Gasteiger partial charge in [-0.1, -0.05) is 0 Å². The molecule has 3 rings (SSSR count). The van der Waals surface area contributed by atoms with Gasteiger partial charge in [0.05, 0.1) is 33.8 Å². The van der Waals surface area contributed by atoms with E-state index in [1.165, 1.54) is 25.3 Å². The first-order valence-corrected chi connectivity index (χ1v) is 9.66. The maximum absolute atomic E-state index is 13.1. The molecule has 0 saturated carbocycles. The average Bonchev–Trinajstić information content (AvgIpc) is 3.01. The van der Waals surface area contributed by atoms with E-state index in [1.54, 1.807) is 0 Å². The monoisotopic (exact) mass is 431 g/mol. The Balaban J connectivity index is 1.99. The van der Waals surface area contributed by atoms with Gasteiger partial charge in [0.2, 0.25) is 0 Å². The number of hydrogen-bond donors (Lipinski definition) is 3. The predicted octanol–water partition coefficient (Wildman–Crippen LogP) is 2.70. The summed E-state index contributed by atoms with van der Waals surface area (Å²) in [6, 6.07) is 6.24. The van der Waals surface area contributed by atoms with E-state index >= 15 is 0 Å². The molecule has 3 N–H and O–H groups in total. The van der Waals surface area contributed by atoms with E-state index in [0.717, 1.165) is 12.1 Å². The summed E-state index contributed by atoms with van der Waals surface area (Å²) in [5.74, 6) is -0.0882. The van der Waals surface area contributed by atoms with E-state index in [-0.39, 0.29) is 35.1 Å². The second-order valence-corrected chi connectivity index (χ2v) is 7.62. The molecule has 0 spiro atoms. The molecule has 0 radical (unpaired) electrons. The fourth-order valence-electron chi connectivity index (χ4n) is 2.53. The van der Waals surface area contributed by atoms with Crippen molar-refractivity contribution in [2.75, 3.05) is 25.0 Å². The summed E-state index contributed by atoms with van der Waals surface area (Å²) in [6.45, 7) is 0.165. The van der Waals surface area contributed by atoms with E-state index < -0.39 is 27.5 Å². The number of methoxy groups -OCH3 is 1. The van der Waals surface area contributed by atoms with Crippen LogP contribution in [0.4, 0.5) is 18.9 Å². The molecule has 0 fully saturated rings. The summed E-state index contributed by atoms with van der Waals surface area (Å²) in [5, 5.41) is 0. The van der Waals surface area contributed by atoms with Crippen LogP contribution >= 0.6 is 0 Å². The van der Waals surface area contributed by atoms with Gasteiger partial charge in [-0.15, -0.1) is 0 Å². The van der Waals surface area contributed by atoms with Gasteiger partial charge in [-0.3, -0.25) is 4.72 Å². The number of rotatable bonds is 7. The molecule has 0 aliphatic heterocycles. The molecule has 12 heteroatoms. The number of halogens is 3. The number of ether oxygens (including phenoxy) is 2. The highest BCUT2D eigenvalue weighted by molar-refractivity contribution is 7.92. The maximum Gasteiger partial charge on any atom is 0.416 e. The highest BCUT2D eigenvalue weighted by Gasteiger charge is 2.32. The van der Waals surface area contributed by atoms with Crippen LogP contribution in [0.25, 0.3) is 11.0 Å². The SMILES string of the molecule is COCCOc1ccc(C(F)(F)F)cc1NS(=O)(=O)c1ccc2[nH]c(=O)[nH]c2c1. The van der Waals surface area contributed by atoms with Gasteiger partial charge in [0.25, 0.3) is 10.0 Å². The molecule has 0 bridgehead atoms. The zero-order chi connectivity index (χ0) is 21.2. The molecule has 0 atom stereocenters. The van der Waals surface area contributed by atoms with Gasteiger partial charge < -0.3 is 19.4 Å². The largest absolute Gasteiger partial charge is 0.489 e. The Kier molecular flexibility index (Phi) is 5.57. The fourth-order valence-corrected chi connectivity index (χ4v) is 3.62. The lowest BCUT2D eigenvalue weighted by molar-refractivity contribution is -0.137. The third-order valence-electron chi connectivity index (χ3n) is 3.89. The van der Waals surface area contributed by atoms with Crippen LogP contribution in [0, 0.1) is 0 Å². The number of hydrogen-bond acceptors (Lipinski definition) is 5. The molecule has 29 heavy (non-hydrogen) atoms. The van der Waals surface area contributed by atoms with Gasteiger partial charge in [-0.05, 0) is 36.4 Å². The first kappa shape index (κ1) is 20.7. The van der Waals surface area contributed by atoms with Crippen LogP contribution in [0.15, 0.2) is 46.1 Å². The minimum atomic E-state index is -4.67. The molecule has 2 aromatic carbocycles. The van der Waals surface area contributed by atoms with Gasteiger partial charge in [-0.2, -0.15) is 13.2 Å². The highest BCUT2D eigenvalue weighted by Crippen LogP contribution is 2.36. The van der Waals surface area contributed by atoms with Crippen LogP contribution < -0.4 is 15.1 Å². The number of anilines is 1. The van der Waals surface area contributed by atoms with Crippen LogP contribution in [0.1, 0.15) is 5.56 Å². The molecule has 0 amide bonds. The summed E-state index contributed by atoms with van der Waals surface area (Å²) in [5.41, 5.74) is -1.32. The molecule has 3 aromatic rings. The quantitative estimate of drug-likeness (QED) is 0.498. The zero-order valence-corrected chi connectivity index (χ0v) is 15.8. The minimum absolute atomic E-state index is 0.00708. The van der Waals surface area contributed by atoms with Crippen molar-refractivity contribution < 1.29 is 31.1 Å². The van der Waals surface area contributed by atoms with Gasteiger partial charge in [-0.25, -0.2) is 13.2 Å². The lowest BCUT2D eigenvalue weighted by atomic mass is 10.2. The average molecular weight is 431 g/mol. The molecule has 0 unspecified atom stereocenters. The molecule has 8 nitrogen and oxygen atoms in total. The molecule has 0 aliphatic carbocycles. The van der Waals surface area contributed by atoms with Crippen molar-refractivity contribution in [2.45, 2.75) is 11.1 Å². The standard InChI is InChI=1S/C17H16F3N3O5S/c1-27-6-7-28-15-5-2-10(17(18,19)20)8-14(15)23-29(25,26)11-3-4-12-13(9-11)22-16(24)21-12/h2-5,8-9,23H,6-7H2,1H3,(H2,21,22,24). The number of benzene rings is 2. The van der Waals surface area contributed by atoms with Gasteiger partial charge in [0, 0.05) is 7.11 Å². The summed E-state index contributed by atoms with van der Waals surface area (Å²) in [6.07, 6.45) is -4.67. The Bertz CT molecular complexity index is 1180. The summed E-state index contributed by atoms with van der Waals surface area (Å²) in [7, 11) is -2.86. The molecule has 0 saturated heterocycles. The molecule has 0 aliphatic rings. The first-order chi connectivity index (χ1) is 13.6. The Morgan fingerprint density at radius 1 is 1.03 bits per heavy atom. The number of aromatic amines is 2. The van der Waals surface area contributed by atoms with E-state index in [0.29, 0.717) is 11.6 Å². The number of imidazole rings is 1. The van der Waals surface area contributed by atoms with Crippen LogP contribution in [-0.4, -0.2) is 38.7 Å². The lowest BCUT2D eigenvalue weighted by Gasteiger charge is -2.16. The number of nitrogens with one attached hydrogen (secondary N) is 3. The maximum atomic E-state index is 13.1. The van der Waals surface area contributed by atoms with E-state index in [4.69, 9.17) is 9.47 Å². The number of aromatic nitrogens is 2. The fraction of sp³-hybridized carbons (Fsp3) is 0.235. The third kappa shape index (κ3) is 4.71. The van der Waals surface area contributed by atoms with Gasteiger partial charge in [0.15, 0.2) is 0 Å². The van der Waals surface area contributed by atoms with Crippen LogP contribution in [-0.2, 0) is 20.9 Å². The van der Waals surface area contributed by atoms with Crippen LogP contribution in [0.3, 0.4) is 0 Å². The van der Waals surface area contributed by atoms with Crippen molar-refractivity contribution in [3.63, 3.8) is 0 Å². The van der Waals surface area contributed by atoms with Crippen LogP contribution in [0.5, 0.6) is 5.75 Å². The molecule has 1 heterocycles. The Morgan fingerprint density at radius 2 is 1.76 bits per heavy atom. The van der Waals surface area contributed by atoms with Crippen molar-refractivity contribution in [1.29, 1.82) is 0 Å². The smallest absolute Gasteiger partial charge is 0.416 e. The predicted molar refractivity (Wildman–Crippen MR) is 98.5 cm³/mol. The Labute approximate surface area is 162 Å². The molecular weight excluding hydrogens is 415 g/mol. The van der Waals surface area contributed by atoms with E-state index in [1.807, 2.05) is 0 Å². The number of sulfonamides is 1.